The molecule has 1 N–H and O–H groups in total. The Balaban J connectivity index is 1.95. The standard InChI is InChI=1S/C20H16N2O/c23-20(22-18-12-7-13-21-15-18)19(17-10-5-2-6-11-17)14-16-8-3-1-4-9-16/h1-15H,(H,22,23)/b19-14+. The molecular formula is C20H16N2O. The maximum Gasteiger partial charge on any atom is 0.256 e. The maximum absolute atomic E-state index is 12.7. The molecule has 0 aliphatic carbocycles. The molecule has 23 heavy (non-hydrogen) atoms. The number of pyridine rings is 1. The first-order valence-electron chi connectivity index (χ1n) is 7.36. The summed E-state index contributed by atoms with van der Waals surface area (Å²) in [5.41, 5.74) is 3.14. The average molecular weight is 300 g/mol. The third-order valence-electron chi connectivity index (χ3n) is 3.36. The predicted octanol–water partition coefficient (Wildman–Crippen LogP) is 4.26. The van der Waals surface area contributed by atoms with Gasteiger partial charge in [0, 0.05) is 11.8 Å². The number of amides is 1. The van der Waals surface area contributed by atoms with Gasteiger partial charge in [0.1, 0.15) is 0 Å². The third kappa shape index (κ3) is 3.92. The van der Waals surface area contributed by atoms with Crippen LogP contribution in [0.3, 0.4) is 0 Å². The lowest BCUT2D eigenvalue weighted by Gasteiger charge is -2.09. The van der Waals surface area contributed by atoms with Gasteiger partial charge in [-0.2, -0.15) is 0 Å². The summed E-state index contributed by atoms with van der Waals surface area (Å²) in [6, 6.07) is 23.0. The second-order valence-corrected chi connectivity index (χ2v) is 5.03. The molecule has 0 saturated carbocycles. The minimum Gasteiger partial charge on any atom is -0.321 e. The van der Waals surface area contributed by atoms with Gasteiger partial charge in [0.2, 0.25) is 0 Å². The van der Waals surface area contributed by atoms with Crippen molar-refractivity contribution in [1.29, 1.82) is 0 Å². The molecule has 1 aromatic heterocycles. The summed E-state index contributed by atoms with van der Waals surface area (Å²) in [5.74, 6) is -0.159. The molecular weight excluding hydrogens is 284 g/mol. The highest BCUT2D eigenvalue weighted by Crippen LogP contribution is 2.20. The van der Waals surface area contributed by atoms with Gasteiger partial charge in [-0.05, 0) is 29.3 Å². The molecule has 0 spiro atoms. The largest absolute Gasteiger partial charge is 0.321 e. The van der Waals surface area contributed by atoms with Gasteiger partial charge in [0.25, 0.3) is 5.91 Å². The number of aromatic nitrogens is 1. The van der Waals surface area contributed by atoms with Gasteiger partial charge in [-0.25, -0.2) is 0 Å². The molecule has 1 heterocycles. The first-order chi connectivity index (χ1) is 11.3. The maximum atomic E-state index is 12.7. The molecule has 0 bridgehead atoms. The average Bonchev–Trinajstić information content (AvgIpc) is 2.62. The van der Waals surface area contributed by atoms with E-state index < -0.39 is 0 Å². The number of nitrogens with zero attached hydrogens (tertiary/aromatic N) is 1. The Hall–Kier alpha value is -3.20. The van der Waals surface area contributed by atoms with Crippen LogP contribution in [-0.4, -0.2) is 10.9 Å². The zero-order valence-electron chi connectivity index (χ0n) is 12.5. The van der Waals surface area contributed by atoms with Crippen LogP contribution >= 0.6 is 0 Å². The highest BCUT2D eigenvalue weighted by Gasteiger charge is 2.12. The van der Waals surface area contributed by atoms with Gasteiger partial charge in [0.15, 0.2) is 0 Å². The van der Waals surface area contributed by atoms with E-state index in [1.54, 1.807) is 18.5 Å². The first-order valence-corrected chi connectivity index (χ1v) is 7.36. The van der Waals surface area contributed by atoms with Crippen LogP contribution in [0.2, 0.25) is 0 Å². The predicted molar refractivity (Wildman–Crippen MR) is 93.6 cm³/mol. The fourth-order valence-electron chi connectivity index (χ4n) is 2.25. The van der Waals surface area contributed by atoms with Crippen LogP contribution in [0.5, 0.6) is 0 Å². The zero-order valence-corrected chi connectivity index (χ0v) is 12.5. The topological polar surface area (TPSA) is 42.0 Å². The minimum atomic E-state index is -0.159. The Morgan fingerprint density at radius 2 is 1.57 bits per heavy atom. The van der Waals surface area contributed by atoms with Crippen molar-refractivity contribution in [3.63, 3.8) is 0 Å². The molecule has 3 rings (SSSR count). The van der Waals surface area contributed by atoms with E-state index in [-0.39, 0.29) is 5.91 Å². The SMILES string of the molecule is O=C(Nc1cccnc1)/C(=C/c1ccccc1)c1ccccc1. The number of hydrogen-bond acceptors (Lipinski definition) is 2. The molecule has 3 heteroatoms. The normalized spacial score (nSPS) is 11.0. The molecule has 0 fully saturated rings. The molecule has 3 aromatic rings. The summed E-state index contributed by atoms with van der Waals surface area (Å²) < 4.78 is 0. The summed E-state index contributed by atoms with van der Waals surface area (Å²) in [4.78, 5) is 16.7. The Morgan fingerprint density at radius 3 is 2.22 bits per heavy atom. The van der Waals surface area contributed by atoms with Gasteiger partial charge < -0.3 is 5.32 Å². The molecule has 3 nitrogen and oxygen atoms in total. The molecule has 0 aliphatic heterocycles. The lowest BCUT2D eigenvalue weighted by molar-refractivity contribution is -0.111. The van der Waals surface area contributed by atoms with Crippen molar-refractivity contribution in [1.82, 2.24) is 4.98 Å². The molecule has 0 unspecified atom stereocenters. The van der Waals surface area contributed by atoms with E-state index in [0.717, 1.165) is 11.1 Å². The van der Waals surface area contributed by atoms with Crippen LogP contribution < -0.4 is 5.32 Å². The summed E-state index contributed by atoms with van der Waals surface area (Å²) in [6.45, 7) is 0. The van der Waals surface area contributed by atoms with E-state index in [1.165, 1.54) is 0 Å². The molecule has 2 aromatic carbocycles. The number of carbonyl (C=O) groups is 1. The van der Waals surface area contributed by atoms with Gasteiger partial charge in [-0.1, -0.05) is 60.7 Å². The molecule has 0 saturated heterocycles. The van der Waals surface area contributed by atoms with E-state index in [9.17, 15) is 4.79 Å². The van der Waals surface area contributed by atoms with Crippen molar-refractivity contribution in [3.8, 4) is 0 Å². The van der Waals surface area contributed by atoms with Crippen LogP contribution in [0, 0.1) is 0 Å². The van der Waals surface area contributed by atoms with Gasteiger partial charge in [0.05, 0.1) is 11.9 Å². The van der Waals surface area contributed by atoms with Crippen LogP contribution in [0.1, 0.15) is 11.1 Å². The van der Waals surface area contributed by atoms with Gasteiger partial charge >= 0.3 is 0 Å². The van der Waals surface area contributed by atoms with Gasteiger partial charge in [-0.15, -0.1) is 0 Å². The monoisotopic (exact) mass is 300 g/mol. The molecule has 0 atom stereocenters. The number of hydrogen-bond donors (Lipinski definition) is 1. The summed E-state index contributed by atoms with van der Waals surface area (Å²) in [5, 5.41) is 2.89. The number of nitrogens with one attached hydrogen (secondary N) is 1. The Bertz CT molecular complexity index is 797. The summed E-state index contributed by atoms with van der Waals surface area (Å²) in [6.07, 6.45) is 5.19. The van der Waals surface area contributed by atoms with E-state index in [2.05, 4.69) is 10.3 Å². The second kappa shape index (κ2) is 7.18. The van der Waals surface area contributed by atoms with Crippen molar-refractivity contribution < 1.29 is 4.79 Å². The zero-order chi connectivity index (χ0) is 15.9. The van der Waals surface area contributed by atoms with Crippen molar-refractivity contribution in [2.45, 2.75) is 0 Å². The molecule has 112 valence electrons. The number of carbonyl (C=O) groups excluding carboxylic acids is 1. The van der Waals surface area contributed by atoms with E-state index in [0.29, 0.717) is 11.3 Å². The Kier molecular flexibility index (Phi) is 4.60. The molecule has 0 radical (unpaired) electrons. The van der Waals surface area contributed by atoms with Crippen LogP contribution in [0.4, 0.5) is 5.69 Å². The van der Waals surface area contributed by atoms with Crippen molar-refractivity contribution in [2.75, 3.05) is 5.32 Å². The summed E-state index contributed by atoms with van der Waals surface area (Å²) in [7, 11) is 0. The fourth-order valence-corrected chi connectivity index (χ4v) is 2.25. The number of anilines is 1. The minimum absolute atomic E-state index is 0.159. The fraction of sp³-hybridized carbons (Fsp3) is 0. The molecule has 1 amide bonds. The lowest BCUT2D eigenvalue weighted by atomic mass is 10.0. The smallest absolute Gasteiger partial charge is 0.256 e. The third-order valence-corrected chi connectivity index (χ3v) is 3.36. The van der Waals surface area contributed by atoms with E-state index in [1.807, 2.05) is 72.8 Å². The van der Waals surface area contributed by atoms with Crippen LogP contribution in [-0.2, 0) is 4.79 Å². The highest BCUT2D eigenvalue weighted by molar-refractivity contribution is 6.29. The van der Waals surface area contributed by atoms with Gasteiger partial charge in [-0.3, -0.25) is 9.78 Å². The van der Waals surface area contributed by atoms with E-state index >= 15 is 0 Å². The van der Waals surface area contributed by atoms with Crippen LogP contribution in [0.15, 0.2) is 85.2 Å². The summed E-state index contributed by atoms with van der Waals surface area (Å²) >= 11 is 0. The second-order valence-electron chi connectivity index (χ2n) is 5.03. The number of benzene rings is 2. The Morgan fingerprint density at radius 1 is 0.870 bits per heavy atom. The van der Waals surface area contributed by atoms with Crippen molar-refractivity contribution >= 4 is 23.2 Å². The number of rotatable bonds is 4. The van der Waals surface area contributed by atoms with Crippen molar-refractivity contribution in [2.24, 2.45) is 0 Å². The Labute approximate surface area is 135 Å². The highest BCUT2D eigenvalue weighted by atomic mass is 16.1. The molecule has 0 aliphatic rings. The van der Waals surface area contributed by atoms with Crippen molar-refractivity contribution in [3.05, 3.63) is 96.3 Å². The first kappa shape index (κ1) is 14.7. The quantitative estimate of drug-likeness (QED) is 0.578. The van der Waals surface area contributed by atoms with E-state index in [4.69, 9.17) is 0 Å². The van der Waals surface area contributed by atoms with Crippen LogP contribution in [0.25, 0.3) is 11.6 Å². The lowest BCUT2D eigenvalue weighted by Crippen LogP contribution is -2.13.